The normalized spacial score (nSPS) is 10.8. The number of fused-ring (bicyclic) bond motifs is 1. The SMILES string of the molecule is COc1cc(C(=O)NCc2ccc(-c3nn4c(C)nnc4s3)cc2)cc(OC)c1OC. The van der Waals surface area contributed by atoms with Gasteiger partial charge in [-0.3, -0.25) is 4.79 Å². The molecule has 2 heterocycles. The zero-order valence-electron chi connectivity index (χ0n) is 17.5. The molecule has 2 aromatic carbocycles. The van der Waals surface area contributed by atoms with Crippen LogP contribution in [-0.2, 0) is 6.54 Å². The predicted molar refractivity (Wildman–Crippen MR) is 116 cm³/mol. The van der Waals surface area contributed by atoms with Crippen molar-refractivity contribution in [2.45, 2.75) is 13.5 Å². The standard InChI is InChI=1S/C21H21N5O4S/c1-12-23-24-21-26(12)25-20(31-21)14-7-5-13(6-8-14)11-22-19(27)15-9-16(28-2)18(30-4)17(10-15)29-3/h5-10H,11H2,1-4H3,(H,22,27). The fourth-order valence-corrected chi connectivity index (χ4v) is 3.98. The molecule has 9 nitrogen and oxygen atoms in total. The molecule has 0 bridgehead atoms. The van der Waals surface area contributed by atoms with E-state index in [1.165, 1.54) is 32.7 Å². The van der Waals surface area contributed by atoms with Crippen molar-refractivity contribution in [3.05, 3.63) is 53.3 Å². The van der Waals surface area contributed by atoms with E-state index < -0.39 is 0 Å². The Hall–Kier alpha value is -3.66. The van der Waals surface area contributed by atoms with E-state index in [1.807, 2.05) is 31.2 Å². The van der Waals surface area contributed by atoms with Gasteiger partial charge in [-0.2, -0.15) is 9.61 Å². The van der Waals surface area contributed by atoms with Gasteiger partial charge >= 0.3 is 0 Å². The van der Waals surface area contributed by atoms with Crippen molar-refractivity contribution < 1.29 is 19.0 Å². The van der Waals surface area contributed by atoms with Gasteiger partial charge < -0.3 is 19.5 Å². The van der Waals surface area contributed by atoms with E-state index >= 15 is 0 Å². The van der Waals surface area contributed by atoms with Gasteiger partial charge in [-0.15, -0.1) is 10.2 Å². The first-order valence-electron chi connectivity index (χ1n) is 9.40. The van der Waals surface area contributed by atoms with E-state index in [1.54, 1.807) is 16.6 Å². The molecule has 0 radical (unpaired) electrons. The Labute approximate surface area is 182 Å². The van der Waals surface area contributed by atoms with Crippen LogP contribution in [0.4, 0.5) is 0 Å². The lowest BCUT2D eigenvalue weighted by molar-refractivity contribution is 0.0950. The summed E-state index contributed by atoms with van der Waals surface area (Å²) in [5.74, 6) is 1.81. The fraction of sp³-hybridized carbons (Fsp3) is 0.238. The number of aromatic nitrogens is 4. The molecule has 0 aliphatic rings. The van der Waals surface area contributed by atoms with Crippen LogP contribution >= 0.6 is 11.3 Å². The number of nitrogens with one attached hydrogen (secondary N) is 1. The van der Waals surface area contributed by atoms with Crippen molar-refractivity contribution in [2.75, 3.05) is 21.3 Å². The quantitative estimate of drug-likeness (QED) is 0.472. The van der Waals surface area contributed by atoms with E-state index in [0.717, 1.165) is 26.9 Å². The van der Waals surface area contributed by atoms with Crippen molar-refractivity contribution >= 4 is 22.2 Å². The summed E-state index contributed by atoms with van der Waals surface area (Å²) < 4.78 is 17.6. The Morgan fingerprint density at radius 2 is 1.71 bits per heavy atom. The van der Waals surface area contributed by atoms with Crippen LogP contribution in [0.15, 0.2) is 36.4 Å². The summed E-state index contributed by atoms with van der Waals surface area (Å²) in [7, 11) is 4.54. The lowest BCUT2D eigenvalue weighted by Crippen LogP contribution is -2.22. The zero-order valence-corrected chi connectivity index (χ0v) is 18.3. The van der Waals surface area contributed by atoms with Gasteiger partial charge in [0.2, 0.25) is 10.7 Å². The van der Waals surface area contributed by atoms with Crippen LogP contribution in [0, 0.1) is 6.92 Å². The number of carbonyl (C=O) groups excluding carboxylic acids is 1. The monoisotopic (exact) mass is 439 g/mol. The first-order valence-corrected chi connectivity index (χ1v) is 10.2. The number of ether oxygens (including phenoxy) is 3. The summed E-state index contributed by atoms with van der Waals surface area (Å²) in [4.78, 5) is 13.4. The molecule has 4 rings (SSSR count). The number of nitrogens with zero attached hydrogens (tertiary/aromatic N) is 4. The molecule has 0 aliphatic heterocycles. The summed E-state index contributed by atoms with van der Waals surface area (Å²) in [6, 6.07) is 11.1. The molecule has 4 aromatic rings. The number of hydrogen-bond donors (Lipinski definition) is 1. The minimum absolute atomic E-state index is 0.243. The highest BCUT2D eigenvalue weighted by Gasteiger charge is 2.17. The molecule has 160 valence electrons. The first kappa shape index (κ1) is 20.6. The van der Waals surface area contributed by atoms with Crippen molar-refractivity contribution in [1.82, 2.24) is 25.1 Å². The second kappa shape index (κ2) is 8.60. The summed E-state index contributed by atoms with van der Waals surface area (Å²) in [5, 5.41) is 16.4. The molecule has 1 N–H and O–H groups in total. The second-order valence-electron chi connectivity index (χ2n) is 6.64. The minimum Gasteiger partial charge on any atom is -0.493 e. The van der Waals surface area contributed by atoms with Crippen LogP contribution < -0.4 is 19.5 Å². The smallest absolute Gasteiger partial charge is 0.251 e. The fourth-order valence-electron chi connectivity index (χ4n) is 3.09. The maximum absolute atomic E-state index is 12.7. The molecule has 2 aromatic heterocycles. The van der Waals surface area contributed by atoms with Gasteiger partial charge in [0.25, 0.3) is 5.91 Å². The summed E-state index contributed by atoms with van der Waals surface area (Å²) in [6.45, 7) is 2.24. The highest BCUT2D eigenvalue weighted by molar-refractivity contribution is 7.19. The molecule has 0 spiro atoms. The Kier molecular flexibility index (Phi) is 5.72. The highest BCUT2D eigenvalue weighted by Crippen LogP contribution is 2.38. The average Bonchev–Trinajstić information content (AvgIpc) is 3.38. The molecule has 0 aliphatic carbocycles. The summed E-state index contributed by atoms with van der Waals surface area (Å²) in [5.41, 5.74) is 2.36. The first-order chi connectivity index (χ1) is 15.0. The summed E-state index contributed by atoms with van der Waals surface area (Å²) in [6.07, 6.45) is 0. The number of carbonyl (C=O) groups is 1. The second-order valence-corrected chi connectivity index (χ2v) is 7.60. The Bertz CT molecular complexity index is 1210. The Morgan fingerprint density at radius 3 is 2.29 bits per heavy atom. The van der Waals surface area contributed by atoms with Gasteiger partial charge in [-0.25, -0.2) is 0 Å². The molecule has 0 atom stereocenters. The van der Waals surface area contributed by atoms with Gasteiger partial charge in [0.15, 0.2) is 17.3 Å². The van der Waals surface area contributed by atoms with Crippen LogP contribution in [0.5, 0.6) is 17.2 Å². The zero-order chi connectivity index (χ0) is 22.0. The van der Waals surface area contributed by atoms with Crippen molar-refractivity contribution in [3.8, 4) is 27.8 Å². The van der Waals surface area contributed by atoms with Gasteiger partial charge in [0.05, 0.1) is 21.3 Å². The van der Waals surface area contributed by atoms with E-state index in [-0.39, 0.29) is 5.91 Å². The lowest BCUT2D eigenvalue weighted by atomic mass is 10.1. The van der Waals surface area contributed by atoms with Crippen molar-refractivity contribution in [1.29, 1.82) is 0 Å². The molecular weight excluding hydrogens is 418 g/mol. The number of hydrogen-bond acceptors (Lipinski definition) is 8. The van der Waals surface area contributed by atoms with Gasteiger partial charge in [0, 0.05) is 17.7 Å². The van der Waals surface area contributed by atoms with Crippen LogP contribution in [0.1, 0.15) is 21.7 Å². The maximum atomic E-state index is 12.7. The molecule has 31 heavy (non-hydrogen) atoms. The average molecular weight is 439 g/mol. The number of aryl methyl sites for hydroxylation is 1. The number of amides is 1. The third-order valence-electron chi connectivity index (χ3n) is 4.73. The molecule has 0 fully saturated rings. The number of methoxy groups -OCH3 is 3. The van der Waals surface area contributed by atoms with E-state index in [2.05, 4.69) is 20.6 Å². The minimum atomic E-state index is -0.243. The molecule has 10 heteroatoms. The molecule has 1 amide bonds. The van der Waals surface area contributed by atoms with E-state index in [4.69, 9.17) is 14.2 Å². The third kappa shape index (κ3) is 4.02. The highest BCUT2D eigenvalue weighted by atomic mass is 32.1. The van der Waals surface area contributed by atoms with Crippen LogP contribution in [0.25, 0.3) is 15.5 Å². The number of benzene rings is 2. The largest absolute Gasteiger partial charge is 0.493 e. The topological polar surface area (TPSA) is 99.9 Å². The van der Waals surface area contributed by atoms with Gasteiger partial charge in [-0.1, -0.05) is 35.6 Å². The Balaban J connectivity index is 1.46. The Morgan fingerprint density at radius 1 is 1.03 bits per heavy atom. The molecule has 0 saturated carbocycles. The van der Waals surface area contributed by atoms with Crippen molar-refractivity contribution in [3.63, 3.8) is 0 Å². The summed E-state index contributed by atoms with van der Waals surface area (Å²) >= 11 is 1.48. The predicted octanol–water partition coefficient (Wildman–Crippen LogP) is 3.12. The molecule has 0 unspecified atom stereocenters. The van der Waals surface area contributed by atoms with Crippen LogP contribution in [0.3, 0.4) is 0 Å². The van der Waals surface area contributed by atoms with E-state index in [9.17, 15) is 4.79 Å². The van der Waals surface area contributed by atoms with E-state index in [0.29, 0.717) is 29.4 Å². The molecule has 0 saturated heterocycles. The maximum Gasteiger partial charge on any atom is 0.251 e. The molecular formula is C21H21N5O4S. The van der Waals surface area contributed by atoms with Gasteiger partial charge in [-0.05, 0) is 24.6 Å². The number of rotatable bonds is 7. The van der Waals surface area contributed by atoms with Gasteiger partial charge in [0.1, 0.15) is 5.01 Å². The van der Waals surface area contributed by atoms with Crippen LogP contribution in [0.2, 0.25) is 0 Å². The lowest BCUT2D eigenvalue weighted by Gasteiger charge is -2.14. The van der Waals surface area contributed by atoms with Crippen LogP contribution in [-0.4, -0.2) is 47.0 Å². The third-order valence-corrected chi connectivity index (χ3v) is 5.68. The van der Waals surface area contributed by atoms with Crippen molar-refractivity contribution in [2.24, 2.45) is 0 Å².